The summed E-state index contributed by atoms with van der Waals surface area (Å²) in [6.45, 7) is 1.89. The largest absolute Gasteiger partial charge is 0.502 e. The van der Waals surface area contributed by atoms with Gasteiger partial charge in [-0.2, -0.15) is 13.2 Å². The van der Waals surface area contributed by atoms with Crippen molar-refractivity contribution in [1.82, 2.24) is 4.68 Å². The Morgan fingerprint density at radius 1 is 1.16 bits per heavy atom. The van der Waals surface area contributed by atoms with Crippen molar-refractivity contribution in [1.29, 1.82) is 0 Å². The number of halogens is 3. The fourth-order valence-corrected chi connectivity index (χ4v) is 4.82. The first-order valence-electron chi connectivity index (χ1n) is 9.44. The molecule has 166 valence electrons. The van der Waals surface area contributed by atoms with E-state index >= 15 is 0 Å². The summed E-state index contributed by atoms with van der Waals surface area (Å²) in [7, 11) is 0. The molecule has 3 N–H and O–H groups in total. The van der Waals surface area contributed by atoms with Crippen LogP contribution in [0.2, 0.25) is 0 Å². The number of pyridine rings is 1. The molecule has 0 fully saturated rings. The van der Waals surface area contributed by atoms with Gasteiger partial charge in [-0.1, -0.05) is 18.2 Å². The maximum absolute atomic E-state index is 13.3. The number of benzene rings is 2. The van der Waals surface area contributed by atoms with Gasteiger partial charge in [0.15, 0.2) is 11.4 Å². The predicted molar refractivity (Wildman–Crippen MR) is 113 cm³/mol. The molecule has 3 aromatic rings. The van der Waals surface area contributed by atoms with Gasteiger partial charge in [-0.05, 0) is 47.4 Å². The Hall–Kier alpha value is -3.40. The number of aromatic hydroxyl groups is 1. The molecular formula is C22H17F3N2O4S. The third-order valence-corrected chi connectivity index (χ3v) is 6.31. The smallest absolute Gasteiger partial charge is 0.416 e. The van der Waals surface area contributed by atoms with Crippen LogP contribution in [-0.2, 0) is 11.9 Å². The molecule has 1 aliphatic rings. The molecule has 0 radical (unpaired) electrons. The topological polar surface area (TPSA) is 91.6 Å². The molecule has 2 aromatic carbocycles. The van der Waals surface area contributed by atoms with E-state index in [2.05, 4.69) is 5.43 Å². The van der Waals surface area contributed by atoms with E-state index in [4.69, 9.17) is 0 Å². The van der Waals surface area contributed by atoms with Crippen molar-refractivity contribution in [3.63, 3.8) is 0 Å². The molecular weight excluding hydrogens is 445 g/mol. The van der Waals surface area contributed by atoms with Crippen LogP contribution >= 0.6 is 11.8 Å². The van der Waals surface area contributed by atoms with E-state index in [0.29, 0.717) is 11.1 Å². The van der Waals surface area contributed by atoms with Crippen molar-refractivity contribution in [3.05, 3.63) is 92.4 Å². The fraction of sp³-hybridized carbons (Fsp3) is 0.182. The second-order valence-electron chi connectivity index (χ2n) is 7.36. The van der Waals surface area contributed by atoms with Gasteiger partial charge in [-0.25, -0.2) is 4.79 Å². The van der Waals surface area contributed by atoms with Gasteiger partial charge < -0.3 is 15.6 Å². The summed E-state index contributed by atoms with van der Waals surface area (Å²) in [4.78, 5) is 24.3. The standard InChI is InChI=1S/C22H17F3N2O4S/c1-11-2-4-15-17(8-11)32-10-12-9-13(22(23,24)25)3-5-14(12)18(15)26-27-7-6-16(28)20(29)19(27)21(30)31/h2-9,18,26,29H,10H2,1H3,(H,30,31). The molecule has 32 heavy (non-hydrogen) atoms. The lowest BCUT2D eigenvalue weighted by molar-refractivity contribution is -0.137. The number of carboxylic acid groups (broad SMARTS) is 1. The van der Waals surface area contributed by atoms with Gasteiger partial charge in [0.1, 0.15) is 0 Å². The first-order valence-corrected chi connectivity index (χ1v) is 10.4. The number of thioether (sulfide) groups is 1. The van der Waals surface area contributed by atoms with Gasteiger partial charge in [0, 0.05) is 22.9 Å². The Kier molecular flexibility index (Phi) is 5.41. The van der Waals surface area contributed by atoms with E-state index in [0.717, 1.165) is 38.9 Å². The Bertz CT molecular complexity index is 1290. The van der Waals surface area contributed by atoms with E-state index in [1.165, 1.54) is 24.0 Å². The van der Waals surface area contributed by atoms with Gasteiger partial charge >= 0.3 is 12.1 Å². The molecule has 0 spiro atoms. The molecule has 2 heterocycles. The number of aromatic carboxylic acids is 1. The van der Waals surface area contributed by atoms with Gasteiger partial charge in [-0.15, -0.1) is 11.8 Å². The summed E-state index contributed by atoms with van der Waals surface area (Å²) >= 11 is 1.38. The zero-order valence-electron chi connectivity index (χ0n) is 16.6. The molecule has 1 aliphatic heterocycles. The molecule has 0 saturated heterocycles. The maximum Gasteiger partial charge on any atom is 0.416 e. The Balaban J connectivity index is 1.91. The number of nitrogens with one attached hydrogen (secondary N) is 1. The van der Waals surface area contributed by atoms with Gasteiger partial charge in [-0.3, -0.25) is 9.47 Å². The van der Waals surface area contributed by atoms with Crippen molar-refractivity contribution in [2.45, 2.75) is 29.8 Å². The summed E-state index contributed by atoms with van der Waals surface area (Å²) < 4.78 is 40.9. The highest BCUT2D eigenvalue weighted by atomic mass is 32.2. The molecule has 0 amide bonds. The second-order valence-corrected chi connectivity index (χ2v) is 8.37. The van der Waals surface area contributed by atoms with Crippen LogP contribution < -0.4 is 10.9 Å². The molecule has 6 nitrogen and oxygen atoms in total. The second kappa shape index (κ2) is 7.94. The SMILES string of the molecule is Cc1ccc2c(c1)SCc1cc(C(F)(F)F)ccc1C2Nn1ccc(=O)c(O)c1C(=O)O. The lowest BCUT2D eigenvalue weighted by Crippen LogP contribution is -2.28. The first-order chi connectivity index (χ1) is 15.1. The number of alkyl halides is 3. The third-order valence-electron chi connectivity index (χ3n) is 5.19. The van der Waals surface area contributed by atoms with E-state index in [1.807, 2.05) is 25.1 Å². The van der Waals surface area contributed by atoms with E-state index in [-0.39, 0.29) is 5.75 Å². The quantitative estimate of drug-likeness (QED) is 0.530. The Morgan fingerprint density at radius 3 is 2.56 bits per heavy atom. The minimum atomic E-state index is -4.50. The van der Waals surface area contributed by atoms with Crippen LogP contribution in [0.4, 0.5) is 13.2 Å². The Labute approximate surface area is 184 Å². The normalized spacial score (nSPS) is 15.4. The highest BCUT2D eigenvalue weighted by Gasteiger charge is 2.33. The highest BCUT2D eigenvalue weighted by molar-refractivity contribution is 7.98. The molecule has 1 aromatic heterocycles. The van der Waals surface area contributed by atoms with Crippen LogP contribution in [0.3, 0.4) is 0 Å². The van der Waals surface area contributed by atoms with Crippen molar-refractivity contribution >= 4 is 17.7 Å². The van der Waals surface area contributed by atoms with Gasteiger partial charge in [0.2, 0.25) is 5.43 Å². The van der Waals surface area contributed by atoms with E-state index in [9.17, 15) is 33.0 Å². The van der Waals surface area contributed by atoms with Gasteiger partial charge in [0.05, 0.1) is 11.6 Å². The minimum Gasteiger partial charge on any atom is -0.502 e. The number of nitrogens with zero attached hydrogens (tertiary/aromatic N) is 1. The van der Waals surface area contributed by atoms with Crippen molar-refractivity contribution in [3.8, 4) is 5.75 Å². The van der Waals surface area contributed by atoms with Crippen LogP contribution in [0, 0.1) is 6.92 Å². The average Bonchev–Trinajstić information content (AvgIpc) is 2.86. The number of fused-ring (bicyclic) bond motifs is 2. The molecule has 1 unspecified atom stereocenters. The predicted octanol–water partition coefficient (Wildman–Crippen LogP) is 4.52. The van der Waals surface area contributed by atoms with E-state index in [1.54, 1.807) is 0 Å². The summed E-state index contributed by atoms with van der Waals surface area (Å²) in [5.74, 6) is -2.19. The van der Waals surface area contributed by atoms with E-state index < -0.39 is 40.6 Å². The number of carboxylic acids is 1. The molecule has 0 aliphatic carbocycles. The lowest BCUT2D eigenvalue weighted by Gasteiger charge is -2.26. The molecule has 0 bridgehead atoms. The zero-order chi connectivity index (χ0) is 23.2. The van der Waals surface area contributed by atoms with Crippen LogP contribution in [-0.4, -0.2) is 20.9 Å². The van der Waals surface area contributed by atoms with Gasteiger partial charge in [0.25, 0.3) is 0 Å². The van der Waals surface area contributed by atoms with Crippen LogP contribution in [0.15, 0.2) is 58.4 Å². The Morgan fingerprint density at radius 2 is 1.88 bits per heavy atom. The van der Waals surface area contributed by atoms with Crippen molar-refractivity contribution in [2.75, 3.05) is 5.43 Å². The molecule has 10 heteroatoms. The summed E-state index contributed by atoms with van der Waals surface area (Å²) in [6, 6.07) is 9.30. The number of aryl methyl sites for hydroxylation is 1. The number of aromatic nitrogens is 1. The molecule has 4 rings (SSSR count). The highest BCUT2D eigenvalue weighted by Crippen LogP contribution is 2.42. The average molecular weight is 462 g/mol. The fourth-order valence-electron chi connectivity index (χ4n) is 3.63. The molecule has 1 atom stereocenters. The summed E-state index contributed by atoms with van der Waals surface area (Å²) in [5.41, 5.74) is 3.34. The van der Waals surface area contributed by atoms with Crippen LogP contribution in [0.5, 0.6) is 5.75 Å². The van der Waals surface area contributed by atoms with Crippen LogP contribution in [0.1, 0.15) is 44.3 Å². The monoisotopic (exact) mass is 462 g/mol. The number of hydrogen-bond donors (Lipinski definition) is 3. The number of rotatable bonds is 3. The number of carbonyl (C=O) groups is 1. The molecule has 0 saturated carbocycles. The summed E-state index contributed by atoms with van der Waals surface area (Å²) in [6.07, 6.45) is -3.33. The summed E-state index contributed by atoms with van der Waals surface area (Å²) in [5, 5.41) is 19.5. The minimum absolute atomic E-state index is 0.287. The van der Waals surface area contributed by atoms with Crippen LogP contribution in [0.25, 0.3) is 0 Å². The first kappa shape index (κ1) is 21.8. The van der Waals surface area contributed by atoms with Crippen molar-refractivity contribution in [2.24, 2.45) is 0 Å². The zero-order valence-corrected chi connectivity index (χ0v) is 17.4. The lowest BCUT2D eigenvalue weighted by atomic mass is 9.93. The number of hydrogen-bond acceptors (Lipinski definition) is 5. The third kappa shape index (κ3) is 3.93. The van der Waals surface area contributed by atoms with Crippen molar-refractivity contribution < 1.29 is 28.2 Å². The maximum atomic E-state index is 13.3.